The molecule has 0 radical (unpaired) electrons. The predicted octanol–water partition coefficient (Wildman–Crippen LogP) is 7.09. The summed E-state index contributed by atoms with van der Waals surface area (Å²) in [6.07, 6.45) is 10.4. The lowest BCUT2D eigenvalue weighted by Gasteiger charge is -2.61. The first-order valence-corrected chi connectivity index (χ1v) is 14.6. The molecule has 0 aromatic rings. The Hall–Kier alpha value is -1.62. The van der Waals surface area contributed by atoms with Crippen LogP contribution < -0.4 is 0 Å². The van der Waals surface area contributed by atoms with Gasteiger partial charge in [0.2, 0.25) is 0 Å². The van der Waals surface area contributed by atoms with Crippen LogP contribution in [0.5, 0.6) is 0 Å². The Bertz CT molecular complexity index is 1000. The van der Waals surface area contributed by atoms with E-state index in [2.05, 4.69) is 34.6 Å². The minimum absolute atomic E-state index is 0.0145. The number of carboxylic acids is 1. The summed E-state index contributed by atoms with van der Waals surface area (Å²) in [5, 5.41) is 20.9. The summed E-state index contributed by atoms with van der Waals surface area (Å²) in [5.74, 6) is 0.593. The van der Waals surface area contributed by atoms with E-state index < -0.39 is 11.6 Å². The van der Waals surface area contributed by atoms with E-state index >= 15 is 0 Å². The van der Waals surface area contributed by atoms with Gasteiger partial charge in [-0.3, -0.25) is 4.79 Å². The number of carboxylic acid groups (broad SMARTS) is 1. The van der Waals surface area contributed by atoms with Crippen LogP contribution in [0, 0.1) is 39.9 Å². The number of carbonyl (C=O) groups excluding carboxylic acids is 1. The molecule has 0 aromatic heterocycles. The molecule has 4 aliphatic rings. The molecule has 2 N–H and O–H groups in total. The molecule has 0 amide bonds. The van der Waals surface area contributed by atoms with Crippen LogP contribution >= 0.6 is 0 Å². The van der Waals surface area contributed by atoms with Crippen LogP contribution in [0.2, 0.25) is 0 Å². The van der Waals surface area contributed by atoms with Crippen molar-refractivity contribution >= 4 is 11.9 Å². The van der Waals surface area contributed by atoms with Gasteiger partial charge in [-0.2, -0.15) is 0 Å². The van der Waals surface area contributed by atoms with Crippen molar-refractivity contribution in [1.82, 2.24) is 0 Å². The van der Waals surface area contributed by atoms with Crippen LogP contribution in [0.1, 0.15) is 113 Å². The molecule has 4 aliphatic carbocycles. The highest BCUT2D eigenvalue weighted by atomic mass is 16.5. The summed E-state index contributed by atoms with van der Waals surface area (Å²) in [5.41, 5.74) is 3.09. The van der Waals surface area contributed by atoms with E-state index in [1.165, 1.54) is 6.92 Å². The second kappa shape index (κ2) is 9.54. The monoisotopic (exact) mass is 514 g/mol. The zero-order chi connectivity index (χ0) is 27.6. The predicted molar refractivity (Wildman–Crippen MR) is 146 cm³/mol. The van der Waals surface area contributed by atoms with E-state index in [4.69, 9.17) is 4.74 Å². The maximum atomic E-state index is 11.8. The third-order valence-corrected chi connectivity index (χ3v) is 11.7. The normalized spacial score (nSPS) is 40.8. The van der Waals surface area contributed by atoms with Gasteiger partial charge in [0.25, 0.3) is 0 Å². The molecule has 0 spiro atoms. The Labute approximate surface area is 224 Å². The van der Waals surface area contributed by atoms with Crippen molar-refractivity contribution in [2.75, 3.05) is 0 Å². The second-order valence-corrected chi connectivity index (χ2v) is 14.3. The lowest BCUT2D eigenvalue weighted by molar-refractivity contribution is -0.167. The molecule has 8 unspecified atom stereocenters. The van der Waals surface area contributed by atoms with Gasteiger partial charge < -0.3 is 14.9 Å². The molecule has 0 aromatic carbocycles. The first kappa shape index (κ1) is 28.4. The number of carbonyl (C=O) groups is 2. The molecule has 0 saturated heterocycles. The molecular weight excluding hydrogens is 464 g/mol. The molecule has 37 heavy (non-hydrogen) atoms. The van der Waals surface area contributed by atoms with E-state index in [0.29, 0.717) is 36.2 Å². The molecule has 5 nitrogen and oxygen atoms in total. The van der Waals surface area contributed by atoms with Crippen molar-refractivity contribution in [1.29, 1.82) is 0 Å². The SMILES string of the molecule is CC(=O)OC1CCC2(C)C3=C(CCC2C1(C)C)C1(C)CCC(C(C)(O)CCC=C(C)C(=O)O)C1C(C)C3. The van der Waals surface area contributed by atoms with Crippen molar-refractivity contribution in [3.63, 3.8) is 0 Å². The average molecular weight is 515 g/mol. The molecule has 8 atom stereocenters. The van der Waals surface area contributed by atoms with E-state index in [1.54, 1.807) is 24.1 Å². The van der Waals surface area contributed by atoms with E-state index in [0.717, 1.165) is 44.9 Å². The minimum Gasteiger partial charge on any atom is -0.478 e. The zero-order valence-corrected chi connectivity index (χ0v) is 24.4. The van der Waals surface area contributed by atoms with E-state index in [9.17, 15) is 19.8 Å². The number of ether oxygens (including phenoxy) is 1. The third-order valence-electron chi connectivity index (χ3n) is 11.7. The quantitative estimate of drug-likeness (QED) is 0.225. The number of rotatable bonds is 6. The molecule has 2 fully saturated rings. The summed E-state index contributed by atoms with van der Waals surface area (Å²) >= 11 is 0. The summed E-state index contributed by atoms with van der Waals surface area (Å²) in [4.78, 5) is 23.0. The van der Waals surface area contributed by atoms with Crippen LogP contribution in [0.25, 0.3) is 0 Å². The molecule has 2 saturated carbocycles. The highest BCUT2D eigenvalue weighted by molar-refractivity contribution is 5.85. The maximum absolute atomic E-state index is 11.8. The van der Waals surface area contributed by atoms with Crippen LogP contribution in [-0.4, -0.2) is 33.9 Å². The number of hydrogen-bond donors (Lipinski definition) is 2. The lowest BCUT2D eigenvalue weighted by atomic mass is 9.44. The first-order chi connectivity index (χ1) is 17.1. The molecular formula is C32H50O5. The van der Waals surface area contributed by atoms with Crippen molar-refractivity contribution < 1.29 is 24.5 Å². The summed E-state index contributed by atoms with van der Waals surface area (Å²) < 4.78 is 5.84. The van der Waals surface area contributed by atoms with Gasteiger partial charge >= 0.3 is 11.9 Å². The Kier molecular flexibility index (Phi) is 7.32. The molecule has 5 heteroatoms. The minimum atomic E-state index is -0.886. The van der Waals surface area contributed by atoms with E-state index in [1.807, 2.05) is 6.92 Å². The Morgan fingerprint density at radius 1 is 1.05 bits per heavy atom. The summed E-state index contributed by atoms with van der Waals surface area (Å²) in [6, 6.07) is 0. The maximum Gasteiger partial charge on any atom is 0.330 e. The van der Waals surface area contributed by atoms with Gasteiger partial charge in [0.05, 0.1) is 5.60 Å². The van der Waals surface area contributed by atoms with Gasteiger partial charge in [-0.15, -0.1) is 0 Å². The smallest absolute Gasteiger partial charge is 0.330 e. The fourth-order valence-electron chi connectivity index (χ4n) is 9.88. The van der Waals surface area contributed by atoms with Gasteiger partial charge in [-0.1, -0.05) is 51.8 Å². The summed E-state index contributed by atoms with van der Waals surface area (Å²) in [7, 11) is 0. The van der Waals surface area contributed by atoms with Crippen LogP contribution in [-0.2, 0) is 14.3 Å². The van der Waals surface area contributed by atoms with Crippen molar-refractivity contribution in [3.8, 4) is 0 Å². The second-order valence-electron chi connectivity index (χ2n) is 14.3. The van der Waals surface area contributed by atoms with Crippen molar-refractivity contribution in [2.45, 2.75) is 125 Å². The largest absolute Gasteiger partial charge is 0.478 e. The van der Waals surface area contributed by atoms with E-state index in [-0.39, 0.29) is 34.2 Å². The van der Waals surface area contributed by atoms with Crippen molar-refractivity contribution in [2.24, 2.45) is 39.9 Å². The summed E-state index contributed by atoms with van der Waals surface area (Å²) in [6.45, 7) is 17.1. The number of fused-ring (bicyclic) bond motifs is 4. The third kappa shape index (κ3) is 4.61. The van der Waals surface area contributed by atoms with Gasteiger partial charge in [0.1, 0.15) is 6.10 Å². The molecule has 0 bridgehead atoms. The highest BCUT2D eigenvalue weighted by Crippen LogP contribution is 2.69. The topological polar surface area (TPSA) is 83.8 Å². The van der Waals surface area contributed by atoms with Gasteiger partial charge in [-0.25, -0.2) is 4.79 Å². The van der Waals surface area contributed by atoms with Gasteiger partial charge in [-0.05, 0) is 106 Å². The van der Waals surface area contributed by atoms with Gasteiger partial charge in [0, 0.05) is 17.9 Å². The zero-order valence-electron chi connectivity index (χ0n) is 24.4. The standard InChI is InChI=1S/C32H50O5/c1-19(28(34)35)10-9-15-32(8,36)23-13-16-31(7)22-11-12-25-29(4,5)26(37-21(3)33)14-17-30(25,6)24(22)18-20(2)27(23)31/h10,20,23,25-27,36H,9,11-18H2,1-8H3,(H,34,35). The lowest BCUT2D eigenvalue weighted by Crippen LogP contribution is -2.55. The number of aliphatic hydroxyl groups is 1. The highest BCUT2D eigenvalue weighted by Gasteiger charge is 2.62. The first-order valence-electron chi connectivity index (χ1n) is 14.6. The Morgan fingerprint density at radius 2 is 1.70 bits per heavy atom. The molecule has 0 aliphatic heterocycles. The fraction of sp³-hybridized carbons (Fsp3) is 0.812. The molecule has 0 heterocycles. The van der Waals surface area contributed by atoms with Crippen LogP contribution in [0.3, 0.4) is 0 Å². The van der Waals surface area contributed by atoms with Crippen molar-refractivity contribution in [3.05, 3.63) is 22.8 Å². The van der Waals surface area contributed by atoms with Crippen LogP contribution in [0.15, 0.2) is 22.8 Å². The Balaban J connectivity index is 1.62. The van der Waals surface area contributed by atoms with Gasteiger partial charge in [0.15, 0.2) is 0 Å². The number of aliphatic carboxylic acids is 1. The Morgan fingerprint density at radius 3 is 2.32 bits per heavy atom. The molecule has 4 rings (SSSR count). The number of hydrogen-bond acceptors (Lipinski definition) is 4. The molecule has 208 valence electrons. The number of allylic oxidation sites excluding steroid dienone is 3. The van der Waals surface area contributed by atoms with Crippen LogP contribution in [0.4, 0.5) is 0 Å². The average Bonchev–Trinajstić information content (AvgIpc) is 3.16. The fourth-order valence-corrected chi connectivity index (χ4v) is 9.88. The number of esters is 1.